The van der Waals surface area contributed by atoms with Crippen molar-refractivity contribution in [1.82, 2.24) is 0 Å². The van der Waals surface area contributed by atoms with Crippen LogP contribution in [0.4, 0.5) is 0 Å². The Balaban J connectivity index is 2.46. The average molecular weight is 323 g/mol. The van der Waals surface area contributed by atoms with E-state index in [1.165, 1.54) is 16.2 Å². The van der Waals surface area contributed by atoms with Crippen LogP contribution < -0.4 is 0 Å². The van der Waals surface area contributed by atoms with E-state index in [0.29, 0.717) is 0 Å². The van der Waals surface area contributed by atoms with Crippen LogP contribution in [0, 0.1) is 0 Å². The Morgan fingerprint density at radius 3 is 1.65 bits per heavy atom. The molecule has 0 unspecified atom stereocenters. The second-order valence-corrected chi connectivity index (χ2v) is 5.71. The van der Waals surface area contributed by atoms with E-state index in [1.54, 1.807) is 6.07 Å². The predicted octanol–water partition coefficient (Wildman–Crippen LogP) is 5.61. The summed E-state index contributed by atoms with van der Waals surface area (Å²) >= 11 is 3.54. The first kappa shape index (κ1) is 11.7. The van der Waals surface area contributed by atoms with Gasteiger partial charge in [0.25, 0.3) is 0 Å². The van der Waals surface area contributed by atoms with Crippen LogP contribution in [0.3, 0.4) is 0 Å². The fraction of sp³-hybridized carbons (Fsp3) is 0. The zero-order valence-corrected chi connectivity index (χ0v) is 12.2. The predicted molar refractivity (Wildman–Crippen MR) is 88.3 cm³/mol. The molecular weight excluding hydrogens is 312 g/mol. The number of benzene rings is 4. The molecule has 0 saturated heterocycles. The Labute approximate surface area is 124 Å². The van der Waals surface area contributed by atoms with Crippen molar-refractivity contribution in [3.8, 4) is 5.75 Å². The number of fused-ring (bicyclic) bond motifs is 6. The lowest BCUT2D eigenvalue weighted by Gasteiger charge is -2.12. The van der Waals surface area contributed by atoms with Crippen LogP contribution in [0.5, 0.6) is 5.75 Å². The minimum atomic E-state index is 0.276. The van der Waals surface area contributed by atoms with Crippen LogP contribution in [-0.4, -0.2) is 5.11 Å². The summed E-state index contributed by atoms with van der Waals surface area (Å²) in [6.07, 6.45) is 0. The van der Waals surface area contributed by atoms with Gasteiger partial charge in [-0.1, -0.05) is 48.5 Å². The summed E-state index contributed by atoms with van der Waals surface area (Å²) in [4.78, 5) is 0. The molecule has 0 atom stereocenters. The van der Waals surface area contributed by atoms with E-state index in [2.05, 4.69) is 58.4 Å². The number of phenolic OH excluding ortho intramolecular Hbond substituents is 1. The Hall–Kier alpha value is -2.06. The molecule has 0 fully saturated rings. The van der Waals surface area contributed by atoms with E-state index < -0.39 is 0 Å². The van der Waals surface area contributed by atoms with Crippen molar-refractivity contribution in [3.05, 3.63) is 65.1 Å². The van der Waals surface area contributed by atoms with Crippen LogP contribution in [-0.2, 0) is 0 Å². The van der Waals surface area contributed by atoms with Gasteiger partial charge < -0.3 is 5.11 Å². The number of hydrogen-bond acceptors (Lipinski definition) is 1. The van der Waals surface area contributed by atoms with E-state index in [0.717, 1.165) is 20.6 Å². The van der Waals surface area contributed by atoms with Crippen LogP contribution in [0.15, 0.2) is 65.1 Å². The maximum atomic E-state index is 10.0. The molecule has 1 N–H and O–H groups in total. The molecule has 0 heterocycles. The minimum absolute atomic E-state index is 0.276. The van der Waals surface area contributed by atoms with Gasteiger partial charge in [-0.2, -0.15) is 0 Å². The summed E-state index contributed by atoms with van der Waals surface area (Å²) in [5.74, 6) is 0.276. The van der Waals surface area contributed by atoms with Gasteiger partial charge in [-0.3, -0.25) is 0 Å². The molecular formula is C18H11BrO. The molecule has 96 valence electrons. The van der Waals surface area contributed by atoms with Crippen molar-refractivity contribution in [2.45, 2.75) is 0 Å². The Morgan fingerprint density at radius 1 is 0.600 bits per heavy atom. The van der Waals surface area contributed by atoms with E-state index >= 15 is 0 Å². The third-order valence-electron chi connectivity index (χ3n) is 3.83. The van der Waals surface area contributed by atoms with Crippen LogP contribution in [0.1, 0.15) is 0 Å². The molecule has 0 spiro atoms. The Kier molecular flexibility index (Phi) is 2.48. The molecule has 0 aromatic heterocycles. The standard InChI is InChI=1S/C18H11BrO/c19-18-16(20)10-9-15-13-7-2-1-5-11(13)12-6-3-4-8-14(12)17(15)18/h1-10,20H. The zero-order chi connectivity index (χ0) is 13.7. The molecule has 4 aromatic rings. The highest BCUT2D eigenvalue weighted by atomic mass is 79.9. The number of aromatic hydroxyl groups is 1. The number of phenols is 1. The molecule has 0 radical (unpaired) electrons. The van der Waals surface area contributed by atoms with Crippen LogP contribution in [0.2, 0.25) is 0 Å². The SMILES string of the molecule is Oc1ccc2c3ccccc3c3ccccc3c2c1Br. The van der Waals surface area contributed by atoms with Gasteiger partial charge in [0.05, 0.1) is 4.47 Å². The van der Waals surface area contributed by atoms with E-state index in [-0.39, 0.29) is 5.75 Å². The molecule has 20 heavy (non-hydrogen) atoms. The lowest BCUT2D eigenvalue weighted by Crippen LogP contribution is -1.84. The smallest absolute Gasteiger partial charge is 0.130 e. The highest BCUT2D eigenvalue weighted by Gasteiger charge is 2.12. The third-order valence-corrected chi connectivity index (χ3v) is 4.63. The minimum Gasteiger partial charge on any atom is -0.507 e. The fourth-order valence-electron chi connectivity index (χ4n) is 2.94. The van der Waals surface area contributed by atoms with Gasteiger partial charge >= 0.3 is 0 Å². The molecule has 0 bridgehead atoms. The molecule has 4 rings (SSSR count). The maximum Gasteiger partial charge on any atom is 0.130 e. The van der Waals surface area contributed by atoms with Crippen LogP contribution >= 0.6 is 15.9 Å². The number of halogens is 1. The summed E-state index contributed by atoms with van der Waals surface area (Å²) in [7, 11) is 0. The topological polar surface area (TPSA) is 20.2 Å². The largest absolute Gasteiger partial charge is 0.507 e. The van der Waals surface area contributed by atoms with Gasteiger partial charge in [-0.25, -0.2) is 0 Å². The summed E-state index contributed by atoms with van der Waals surface area (Å²) in [6.45, 7) is 0. The first-order chi connectivity index (χ1) is 9.77. The van der Waals surface area contributed by atoms with Crippen molar-refractivity contribution >= 4 is 48.2 Å². The molecule has 1 nitrogen and oxygen atoms in total. The number of rotatable bonds is 0. The molecule has 2 heteroatoms. The van der Waals surface area contributed by atoms with Crippen molar-refractivity contribution < 1.29 is 5.11 Å². The molecule has 0 aliphatic carbocycles. The van der Waals surface area contributed by atoms with Gasteiger partial charge in [0.1, 0.15) is 5.75 Å². The molecule has 4 aromatic carbocycles. The highest BCUT2D eigenvalue weighted by molar-refractivity contribution is 9.10. The second-order valence-electron chi connectivity index (χ2n) is 4.91. The monoisotopic (exact) mass is 322 g/mol. The first-order valence-electron chi connectivity index (χ1n) is 6.48. The molecule has 0 saturated carbocycles. The first-order valence-corrected chi connectivity index (χ1v) is 7.27. The lowest BCUT2D eigenvalue weighted by atomic mass is 9.94. The van der Waals surface area contributed by atoms with Gasteiger partial charge in [0.15, 0.2) is 0 Å². The fourth-order valence-corrected chi connectivity index (χ4v) is 3.50. The Morgan fingerprint density at radius 2 is 1.05 bits per heavy atom. The van der Waals surface area contributed by atoms with E-state index in [4.69, 9.17) is 0 Å². The zero-order valence-electron chi connectivity index (χ0n) is 10.6. The Bertz CT molecular complexity index is 938. The van der Waals surface area contributed by atoms with Crippen LogP contribution in [0.25, 0.3) is 32.3 Å². The molecule has 0 aliphatic heterocycles. The van der Waals surface area contributed by atoms with Crippen molar-refractivity contribution in [1.29, 1.82) is 0 Å². The van der Waals surface area contributed by atoms with Gasteiger partial charge in [0, 0.05) is 5.39 Å². The molecule has 0 amide bonds. The maximum absolute atomic E-state index is 10.0. The quantitative estimate of drug-likeness (QED) is 0.417. The van der Waals surface area contributed by atoms with Gasteiger partial charge in [-0.05, 0) is 55.0 Å². The third kappa shape index (κ3) is 1.49. The average Bonchev–Trinajstić information content (AvgIpc) is 2.50. The summed E-state index contributed by atoms with van der Waals surface area (Å²) < 4.78 is 0.761. The van der Waals surface area contributed by atoms with Gasteiger partial charge in [0.2, 0.25) is 0 Å². The highest BCUT2D eigenvalue weighted by Crippen LogP contribution is 2.41. The summed E-state index contributed by atoms with van der Waals surface area (Å²) in [5.41, 5.74) is 0. The summed E-state index contributed by atoms with van der Waals surface area (Å²) in [5, 5.41) is 17.0. The van der Waals surface area contributed by atoms with Crippen molar-refractivity contribution in [3.63, 3.8) is 0 Å². The number of hydrogen-bond donors (Lipinski definition) is 1. The second kappa shape index (κ2) is 4.22. The molecule has 0 aliphatic rings. The normalized spacial score (nSPS) is 11.4. The lowest BCUT2D eigenvalue weighted by molar-refractivity contribution is 0.473. The van der Waals surface area contributed by atoms with E-state index in [1.807, 2.05) is 12.1 Å². The van der Waals surface area contributed by atoms with Crippen molar-refractivity contribution in [2.24, 2.45) is 0 Å². The van der Waals surface area contributed by atoms with E-state index in [9.17, 15) is 5.11 Å². The van der Waals surface area contributed by atoms with Crippen molar-refractivity contribution in [2.75, 3.05) is 0 Å². The van der Waals surface area contributed by atoms with Gasteiger partial charge in [-0.15, -0.1) is 0 Å². The summed E-state index contributed by atoms with van der Waals surface area (Å²) in [6, 6.07) is 20.5.